The minimum absolute atomic E-state index is 0.104. The maximum atomic E-state index is 6.38. The largest absolute Gasteiger partial charge is 0.494 e. The summed E-state index contributed by atoms with van der Waals surface area (Å²) >= 11 is 14.3. The van der Waals surface area contributed by atoms with Crippen LogP contribution in [-0.4, -0.2) is 40.8 Å². The fourth-order valence-corrected chi connectivity index (χ4v) is 13.7. The summed E-state index contributed by atoms with van der Waals surface area (Å²) in [5, 5.41) is 0. The zero-order valence-electron chi connectivity index (χ0n) is 54.2. The Morgan fingerprint density at radius 2 is 0.574 bits per heavy atom. The first-order chi connectivity index (χ1) is 45.2. The average molecular weight is 1490 g/mol. The van der Waals surface area contributed by atoms with Gasteiger partial charge in [-0.25, -0.2) is 0 Å². The molecule has 14 rings (SSSR count). The molecule has 5 nitrogen and oxygen atoms in total. The topological polar surface area (TPSA) is 53.5 Å². The molecule has 0 amide bonds. The lowest BCUT2D eigenvalue weighted by atomic mass is 9.54. The second-order valence-corrected chi connectivity index (χ2v) is 29.5. The van der Waals surface area contributed by atoms with E-state index < -0.39 is 18.3 Å². The summed E-state index contributed by atoms with van der Waals surface area (Å²) in [6.45, 7) is 17.5. The van der Waals surface area contributed by atoms with Gasteiger partial charge in [-0.2, -0.15) is 0 Å². The van der Waals surface area contributed by atoms with E-state index in [0.717, 1.165) is 68.9 Å². The molecule has 0 unspecified atom stereocenters. The van der Waals surface area contributed by atoms with E-state index in [-0.39, 0.29) is 17.9 Å². The van der Waals surface area contributed by atoms with Crippen LogP contribution in [-0.2, 0) is 14.0 Å². The number of aromatic nitrogens is 2. The molecular weight excluding hydrogens is 1410 g/mol. The minimum atomic E-state index is -0.435. The molecule has 0 saturated carbocycles. The van der Waals surface area contributed by atoms with Gasteiger partial charge in [0.15, 0.2) is 0 Å². The Morgan fingerprint density at radius 1 is 0.277 bits per heavy atom. The van der Waals surface area contributed by atoms with Crippen LogP contribution in [0.2, 0.25) is 6.32 Å². The van der Waals surface area contributed by atoms with Crippen LogP contribution in [0.15, 0.2) is 309 Å². The number of pyridine rings is 2. The number of rotatable bonds is 10. The highest BCUT2D eigenvalue weighted by Crippen LogP contribution is 2.46. The van der Waals surface area contributed by atoms with Crippen LogP contribution in [0.3, 0.4) is 0 Å². The minimum Gasteiger partial charge on any atom is -0.426 e. The standard InChI is InChI=1S/C29H28BNO2.C23H16BrN.C19H22BBrO.C12H8Br2/c1-28(2)29(3,4)33-30(32-28)26-18-24(22-13-9-6-10-14-22)17-25(19-26)27-20-23(15-16-31-27)21-11-7-5-8-12-21;24-22-14-20(18-9-5-2-6-10-18)13-21(15-22)23-16-19(11-12-25-23)17-7-3-1-4-8-17;1-18(2)13-20(22-19(18,3)4)16-10-15(11-17(21)12-16)14-8-6-5-7-9-14;13-11-6-10(7-12(14)8-11)9-4-2-1-3-5-9/h5-20H,1-4H3;1-16H;5-12H,13H2,1-4H3;1-8H. The van der Waals surface area contributed by atoms with E-state index >= 15 is 0 Å². The van der Waals surface area contributed by atoms with Crippen molar-refractivity contribution in [2.75, 3.05) is 0 Å². The molecule has 468 valence electrons. The number of hydrogen-bond acceptors (Lipinski definition) is 5. The van der Waals surface area contributed by atoms with Crippen molar-refractivity contribution in [1.82, 2.24) is 9.97 Å². The Labute approximate surface area is 590 Å². The summed E-state index contributed by atoms with van der Waals surface area (Å²) in [7, 11) is -0.435. The van der Waals surface area contributed by atoms with Gasteiger partial charge >= 0.3 is 14.0 Å². The first-order valence-corrected chi connectivity index (χ1v) is 34.8. The summed E-state index contributed by atoms with van der Waals surface area (Å²) < 4.78 is 23.5. The number of hydrogen-bond donors (Lipinski definition) is 0. The molecule has 0 aliphatic carbocycles. The van der Waals surface area contributed by atoms with Gasteiger partial charge < -0.3 is 14.0 Å². The van der Waals surface area contributed by atoms with Crippen molar-refractivity contribution >= 4 is 88.7 Å². The van der Waals surface area contributed by atoms with Crippen LogP contribution in [0.25, 0.3) is 89.3 Å². The van der Waals surface area contributed by atoms with Gasteiger partial charge in [-0.05, 0) is 204 Å². The number of benzene rings is 10. The Bertz CT molecular complexity index is 4450. The molecule has 2 aliphatic heterocycles. The van der Waals surface area contributed by atoms with Crippen molar-refractivity contribution in [3.05, 3.63) is 309 Å². The molecule has 10 aromatic carbocycles. The normalized spacial score (nSPS) is 14.7. The van der Waals surface area contributed by atoms with E-state index in [1.807, 2.05) is 67.0 Å². The lowest BCUT2D eigenvalue weighted by Gasteiger charge is -2.34. The number of halogens is 4. The van der Waals surface area contributed by atoms with Crippen molar-refractivity contribution < 1.29 is 14.0 Å². The van der Waals surface area contributed by atoms with Crippen molar-refractivity contribution in [3.63, 3.8) is 0 Å². The van der Waals surface area contributed by atoms with Crippen LogP contribution < -0.4 is 10.9 Å². The first kappa shape index (κ1) is 67.8. The molecule has 11 heteroatoms. The van der Waals surface area contributed by atoms with Gasteiger partial charge in [0.2, 0.25) is 0 Å². The molecule has 0 bridgehead atoms. The highest BCUT2D eigenvalue weighted by atomic mass is 79.9. The summed E-state index contributed by atoms with van der Waals surface area (Å²) in [6.07, 6.45) is 4.80. The van der Waals surface area contributed by atoms with E-state index in [1.165, 1.54) is 55.5 Å². The molecule has 0 spiro atoms. The summed E-state index contributed by atoms with van der Waals surface area (Å²) in [5.41, 5.74) is 19.8. The molecule has 0 atom stereocenters. The predicted octanol–water partition coefficient (Wildman–Crippen LogP) is 23.3. The molecule has 2 aromatic heterocycles. The summed E-state index contributed by atoms with van der Waals surface area (Å²) in [5.74, 6) is 0. The fourth-order valence-electron chi connectivity index (χ4n) is 11.4. The lowest BCUT2D eigenvalue weighted by molar-refractivity contribution is 0.00578. The van der Waals surface area contributed by atoms with Gasteiger partial charge in [0.1, 0.15) is 0 Å². The molecule has 12 aromatic rings. The third-order valence-electron chi connectivity index (χ3n) is 18.0. The van der Waals surface area contributed by atoms with E-state index in [1.54, 1.807) is 0 Å². The SMILES string of the molecule is Brc1cc(-c2ccccc2)cc(-c2cc(-c3ccccc3)ccn2)c1.Brc1cc(Br)cc(-c2ccccc2)c1.CC1(C)CB(c2cc(Br)cc(-c3ccccc3)c2)OC1(C)C.CC1(C)OB(c2cc(-c3ccccc3)cc(-c3cc(-c4ccccc4)ccn3)c2)OC1(C)C. The zero-order chi connectivity index (χ0) is 66.0. The smallest absolute Gasteiger partial charge is 0.426 e. The van der Waals surface area contributed by atoms with Crippen molar-refractivity contribution in [1.29, 1.82) is 0 Å². The second kappa shape index (κ2) is 30.0. The van der Waals surface area contributed by atoms with E-state index in [9.17, 15) is 0 Å². The van der Waals surface area contributed by atoms with Gasteiger partial charge in [0, 0.05) is 41.4 Å². The summed E-state index contributed by atoms with van der Waals surface area (Å²) in [6, 6.07) is 96.6. The van der Waals surface area contributed by atoms with Crippen LogP contribution in [0.5, 0.6) is 0 Å². The third kappa shape index (κ3) is 16.9. The van der Waals surface area contributed by atoms with Gasteiger partial charge in [-0.3, -0.25) is 9.97 Å². The van der Waals surface area contributed by atoms with Crippen molar-refractivity contribution in [2.45, 2.75) is 78.5 Å². The molecule has 0 N–H and O–H groups in total. The van der Waals surface area contributed by atoms with Crippen molar-refractivity contribution in [2.24, 2.45) is 5.41 Å². The van der Waals surface area contributed by atoms with E-state index in [4.69, 9.17) is 18.9 Å². The molecule has 2 saturated heterocycles. The van der Waals surface area contributed by atoms with E-state index in [0.29, 0.717) is 0 Å². The van der Waals surface area contributed by atoms with Gasteiger partial charge in [-0.15, -0.1) is 0 Å². The van der Waals surface area contributed by atoms with E-state index in [2.05, 4.69) is 349 Å². The van der Waals surface area contributed by atoms with Crippen LogP contribution >= 0.6 is 63.7 Å². The van der Waals surface area contributed by atoms with Crippen LogP contribution in [0, 0.1) is 5.41 Å². The quantitative estimate of drug-likeness (QED) is 0.128. The zero-order valence-corrected chi connectivity index (χ0v) is 60.5. The van der Waals surface area contributed by atoms with Crippen LogP contribution in [0.4, 0.5) is 0 Å². The Hall–Kier alpha value is -7.57. The van der Waals surface area contributed by atoms with Gasteiger partial charge in [0.05, 0.1) is 28.2 Å². The van der Waals surface area contributed by atoms with Crippen molar-refractivity contribution in [3.8, 4) is 89.3 Å². The maximum absolute atomic E-state index is 6.38. The average Bonchev–Trinajstić information content (AvgIpc) is 1.59. The maximum Gasteiger partial charge on any atom is 0.494 e. The molecule has 2 fully saturated rings. The highest BCUT2D eigenvalue weighted by molar-refractivity contribution is 9.11. The first-order valence-electron chi connectivity index (χ1n) is 31.7. The molecule has 94 heavy (non-hydrogen) atoms. The third-order valence-corrected chi connectivity index (χ3v) is 19.9. The Kier molecular flexibility index (Phi) is 21.7. The summed E-state index contributed by atoms with van der Waals surface area (Å²) in [4.78, 5) is 9.30. The molecule has 4 heterocycles. The van der Waals surface area contributed by atoms with Crippen LogP contribution in [0.1, 0.15) is 55.4 Å². The van der Waals surface area contributed by atoms with Gasteiger partial charge in [-0.1, -0.05) is 284 Å². The molecule has 2 aliphatic rings. The monoisotopic (exact) mass is 1480 g/mol. The van der Waals surface area contributed by atoms with Gasteiger partial charge in [0.25, 0.3) is 0 Å². The predicted molar refractivity (Wildman–Crippen MR) is 411 cm³/mol. The highest BCUT2D eigenvalue weighted by Gasteiger charge is 2.52. The molecule has 0 radical (unpaired) electrons. The lowest BCUT2D eigenvalue weighted by Crippen LogP contribution is -2.41. The molecular formula is C83H74B2Br4N2O3. The second-order valence-electron chi connectivity index (χ2n) is 25.9. The number of nitrogens with zero attached hydrogens (tertiary/aromatic N) is 2. The Balaban J connectivity index is 0.000000133. The fraction of sp³-hybridized carbons (Fsp3) is 0.157. The Morgan fingerprint density at radius 3 is 0.957 bits per heavy atom.